The zero-order valence-electron chi connectivity index (χ0n) is 10.7. The Labute approximate surface area is 105 Å². The summed E-state index contributed by atoms with van der Waals surface area (Å²) in [6.45, 7) is 2.18. The molecule has 1 heterocycles. The zero-order valence-corrected chi connectivity index (χ0v) is 10.7. The lowest BCUT2D eigenvalue weighted by atomic mass is 9.88. The van der Waals surface area contributed by atoms with Gasteiger partial charge in [-0.2, -0.15) is 0 Å². The number of methoxy groups -OCH3 is 1. The maximum Gasteiger partial charge on any atom is 0.196 e. The summed E-state index contributed by atoms with van der Waals surface area (Å²) in [5.74, 6) is 2.03. The van der Waals surface area contributed by atoms with Gasteiger partial charge in [-0.15, -0.1) is 0 Å². The van der Waals surface area contributed by atoms with Crippen LogP contribution >= 0.6 is 0 Å². The number of ether oxygens (including phenoxy) is 1. The van der Waals surface area contributed by atoms with E-state index in [0.717, 1.165) is 30.6 Å². The highest BCUT2D eigenvalue weighted by Gasteiger charge is 2.22. The molecule has 0 radical (unpaired) electrons. The first kappa shape index (κ1) is 11.3. The normalized spacial score (nSPS) is 18.7. The van der Waals surface area contributed by atoms with Gasteiger partial charge in [0.25, 0.3) is 0 Å². The molecule has 0 amide bonds. The second-order valence-electron chi connectivity index (χ2n) is 5.02. The Morgan fingerprint density at radius 2 is 2.22 bits per heavy atom. The van der Waals surface area contributed by atoms with E-state index in [1.54, 1.807) is 7.11 Å². The third-order valence-corrected chi connectivity index (χ3v) is 3.70. The molecule has 94 valence electrons. The van der Waals surface area contributed by atoms with Gasteiger partial charge >= 0.3 is 0 Å². The second kappa shape index (κ2) is 4.16. The highest BCUT2D eigenvalue weighted by Crippen LogP contribution is 2.30. The van der Waals surface area contributed by atoms with Crippen molar-refractivity contribution in [1.82, 2.24) is 0 Å². The molecule has 1 aliphatic carbocycles. The minimum atomic E-state index is 0.108. The van der Waals surface area contributed by atoms with E-state index in [0.29, 0.717) is 22.6 Å². The average Bonchev–Trinajstić information content (AvgIpc) is 2.39. The predicted molar refractivity (Wildman–Crippen MR) is 70.2 cm³/mol. The number of benzene rings is 1. The van der Waals surface area contributed by atoms with Crippen LogP contribution in [0.2, 0.25) is 0 Å². The maximum absolute atomic E-state index is 12.5. The summed E-state index contributed by atoms with van der Waals surface area (Å²) in [7, 11) is 1.59. The van der Waals surface area contributed by atoms with E-state index >= 15 is 0 Å². The van der Waals surface area contributed by atoms with Gasteiger partial charge in [0.05, 0.1) is 12.5 Å². The van der Waals surface area contributed by atoms with Gasteiger partial charge in [-0.1, -0.05) is 13.0 Å². The van der Waals surface area contributed by atoms with E-state index in [2.05, 4.69) is 6.92 Å². The fourth-order valence-electron chi connectivity index (χ4n) is 2.67. The molecule has 0 spiro atoms. The summed E-state index contributed by atoms with van der Waals surface area (Å²) in [4.78, 5) is 12.5. The quantitative estimate of drug-likeness (QED) is 0.774. The molecule has 0 fully saturated rings. The topological polar surface area (TPSA) is 39.4 Å². The van der Waals surface area contributed by atoms with Crippen molar-refractivity contribution in [3.05, 3.63) is 39.7 Å². The van der Waals surface area contributed by atoms with Crippen molar-refractivity contribution in [2.45, 2.75) is 26.2 Å². The Kier molecular flexibility index (Phi) is 2.62. The van der Waals surface area contributed by atoms with Gasteiger partial charge in [0.2, 0.25) is 0 Å². The molecule has 1 atom stereocenters. The van der Waals surface area contributed by atoms with Crippen molar-refractivity contribution in [2.75, 3.05) is 7.11 Å². The van der Waals surface area contributed by atoms with Crippen molar-refractivity contribution in [2.24, 2.45) is 5.92 Å². The van der Waals surface area contributed by atoms with Crippen molar-refractivity contribution in [1.29, 1.82) is 0 Å². The maximum atomic E-state index is 12.5. The van der Waals surface area contributed by atoms with Crippen molar-refractivity contribution in [3.8, 4) is 5.75 Å². The molecule has 0 saturated carbocycles. The first-order chi connectivity index (χ1) is 8.70. The summed E-state index contributed by atoms with van der Waals surface area (Å²) < 4.78 is 11.2. The molecular formula is C15H16O3. The SMILES string of the molecule is COc1cccc2c(=O)c3c(oc12)CC[C@@H](C)C3. The summed E-state index contributed by atoms with van der Waals surface area (Å²) in [6.07, 6.45) is 2.75. The molecule has 2 aromatic rings. The Morgan fingerprint density at radius 1 is 1.39 bits per heavy atom. The summed E-state index contributed by atoms with van der Waals surface area (Å²) in [6, 6.07) is 5.46. The van der Waals surface area contributed by atoms with Gasteiger partial charge in [-0.05, 0) is 30.9 Å². The van der Waals surface area contributed by atoms with Crippen molar-refractivity contribution < 1.29 is 9.15 Å². The molecule has 0 unspecified atom stereocenters. The lowest BCUT2D eigenvalue weighted by molar-refractivity contribution is 0.392. The number of fused-ring (bicyclic) bond motifs is 2. The number of hydrogen-bond acceptors (Lipinski definition) is 3. The molecule has 0 N–H and O–H groups in total. The fourth-order valence-corrected chi connectivity index (χ4v) is 2.67. The van der Waals surface area contributed by atoms with Crippen LogP contribution in [0.1, 0.15) is 24.7 Å². The van der Waals surface area contributed by atoms with Crippen LogP contribution in [0.4, 0.5) is 0 Å². The number of rotatable bonds is 1. The molecule has 18 heavy (non-hydrogen) atoms. The minimum Gasteiger partial charge on any atom is -0.493 e. The van der Waals surface area contributed by atoms with Crippen LogP contribution in [-0.4, -0.2) is 7.11 Å². The van der Waals surface area contributed by atoms with Crippen molar-refractivity contribution in [3.63, 3.8) is 0 Å². The lowest BCUT2D eigenvalue weighted by Crippen LogP contribution is -2.20. The molecule has 0 saturated heterocycles. The number of hydrogen-bond donors (Lipinski definition) is 0. The standard InChI is InChI=1S/C15H16O3/c1-9-6-7-12-11(8-9)14(16)10-4-3-5-13(17-2)15(10)18-12/h3-5,9H,6-8H2,1-2H3/t9-/m1/s1. The first-order valence-electron chi connectivity index (χ1n) is 6.32. The van der Waals surface area contributed by atoms with E-state index < -0.39 is 0 Å². The van der Waals surface area contributed by atoms with Crippen LogP contribution in [0, 0.1) is 5.92 Å². The molecule has 1 aromatic heterocycles. The molecule has 3 rings (SSSR count). The third-order valence-electron chi connectivity index (χ3n) is 3.70. The molecule has 0 bridgehead atoms. The van der Waals surface area contributed by atoms with Crippen LogP contribution in [0.5, 0.6) is 5.75 Å². The number of para-hydroxylation sites is 1. The Balaban J connectivity index is 2.34. The van der Waals surface area contributed by atoms with Crippen LogP contribution in [0.3, 0.4) is 0 Å². The van der Waals surface area contributed by atoms with Gasteiger partial charge < -0.3 is 9.15 Å². The number of aryl methyl sites for hydroxylation is 1. The molecule has 1 aromatic carbocycles. The molecule has 3 heteroatoms. The predicted octanol–water partition coefficient (Wildman–Crippen LogP) is 2.93. The Hall–Kier alpha value is -1.77. The first-order valence-corrected chi connectivity index (χ1v) is 6.32. The van der Waals surface area contributed by atoms with Gasteiger partial charge in [-0.3, -0.25) is 4.79 Å². The van der Waals surface area contributed by atoms with Crippen LogP contribution in [0.25, 0.3) is 11.0 Å². The van der Waals surface area contributed by atoms with E-state index in [1.807, 2.05) is 18.2 Å². The van der Waals surface area contributed by atoms with E-state index in [9.17, 15) is 4.79 Å². The van der Waals surface area contributed by atoms with Gasteiger partial charge in [-0.25, -0.2) is 0 Å². The summed E-state index contributed by atoms with van der Waals surface area (Å²) in [5, 5.41) is 0.627. The van der Waals surface area contributed by atoms with E-state index in [-0.39, 0.29) is 5.43 Å². The lowest BCUT2D eigenvalue weighted by Gasteiger charge is -2.20. The fraction of sp³-hybridized carbons (Fsp3) is 0.400. The summed E-state index contributed by atoms with van der Waals surface area (Å²) >= 11 is 0. The van der Waals surface area contributed by atoms with Crippen LogP contribution in [0.15, 0.2) is 27.4 Å². The van der Waals surface area contributed by atoms with E-state index in [1.165, 1.54) is 0 Å². The Morgan fingerprint density at radius 3 is 3.00 bits per heavy atom. The molecular weight excluding hydrogens is 228 g/mol. The van der Waals surface area contributed by atoms with Gasteiger partial charge in [0, 0.05) is 12.0 Å². The van der Waals surface area contributed by atoms with Gasteiger partial charge in [0.15, 0.2) is 16.8 Å². The molecule has 0 aliphatic heterocycles. The molecule has 3 nitrogen and oxygen atoms in total. The smallest absolute Gasteiger partial charge is 0.196 e. The highest BCUT2D eigenvalue weighted by molar-refractivity contribution is 5.83. The largest absolute Gasteiger partial charge is 0.493 e. The highest BCUT2D eigenvalue weighted by atomic mass is 16.5. The second-order valence-corrected chi connectivity index (χ2v) is 5.02. The van der Waals surface area contributed by atoms with Crippen molar-refractivity contribution >= 4 is 11.0 Å². The average molecular weight is 244 g/mol. The van der Waals surface area contributed by atoms with E-state index in [4.69, 9.17) is 9.15 Å². The third kappa shape index (κ3) is 1.62. The van der Waals surface area contributed by atoms with Gasteiger partial charge in [0.1, 0.15) is 5.76 Å². The zero-order chi connectivity index (χ0) is 12.7. The summed E-state index contributed by atoms with van der Waals surface area (Å²) in [5.41, 5.74) is 1.55. The monoisotopic (exact) mass is 244 g/mol. The van der Waals surface area contributed by atoms with Crippen LogP contribution < -0.4 is 10.2 Å². The minimum absolute atomic E-state index is 0.108. The molecule has 1 aliphatic rings. The van der Waals surface area contributed by atoms with Crippen LogP contribution in [-0.2, 0) is 12.8 Å². The Bertz CT molecular complexity index is 655.